The highest BCUT2D eigenvalue weighted by Crippen LogP contribution is 2.40. The van der Waals surface area contributed by atoms with E-state index >= 15 is 0 Å². The van der Waals surface area contributed by atoms with E-state index in [4.69, 9.17) is 0 Å². The van der Waals surface area contributed by atoms with Crippen LogP contribution in [0.4, 0.5) is 16.5 Å². The Kier molecular flexibility index (Phi) is 5.04. The van der Waals surface area contributed by atoms with Crippen LogP contribution in [0.1, 0.15) is 25.6 Å². The molecule has 2 heterocycles. The Morgan fingerprint density at radius 1 is 0.735 bits per heavy atom. The van der Waals surface area contributed by atoms with Crippen molar-refractivity contribution >= 4 is 50.2 Å². The molecule has 0 amide bonds. The van der Waals surface area contributed by atoms with Gasteiger partial charge in [0.2, 0.25) is 0 Å². The minimum Gasteiger partial charge on any atom is -0.293 e. The lowest BCUT2D eigenvalue weighted by atomic mass is 9.99. The summed E-state index contributed by atoms with van der Waals surface area (Å²) in [5, 5.41) is 3.31. The van der Waals surface area contributed by atoms with Gasteiger partial charge in [0.1, 0.15) is 10.8 Å². The number of hydrogen-bond donors (Lipinski definition) is 0. The molecule has 1 aliphatic rings. The van der Waals surface area contributed by atoms with Crippen LogP contribution in [0.25, 0.3) is 10.8 Å². The number of carbonyl (C=O) groups excluding carboxylic acids is 2. The number of Topliss-reactive ketones (excluding diaryl/α,β-unsaturated/α-hetero) is 2. The second-order valence-corrected chi connectivity index (χ2v) is 9.47. The first kappa shape index (κ1) is 20.5. The zero-order chi connectivity index (χ0) is 23.1. The molecule has 164 valence electrons. The lowest BCUT2D eigenvalue weighted by molar-refractivity contribution is 0.0839. The maximum Gasteiger partial charge on any atom is 0.174 e. The molecule has 6 rings (SSSR count). The van der Waals surface area contributed by atoms with E-state index in [-0.39, 0.29) is 11.6 Å². The summed E-state index contributed by atoms with van der Waals surface area (Å²) in [5.41, 5.74) is 2.09. The van der Waals surface area contributed by atoms with E-state index in [9.17, 15) is 9.59 Å². The van der Waals surface area contributed by atoms with E-state index in [1.807, 2.05) is 54.6 Å². The minimum absolute atomic E-state index is 0.0772. The minimum atomic E-state index is -0.645. The summed E-state index contributed by atoms with van der Waals surface area (Å²) in [6.45, 7) is 0. The number of pyridine rings is 1. The molecule has 0 bridgehead atoms. The monoisotopic (exact) mass is 460 g/mol. The number of benzene rings is 3. The number of nitrogens with zero attached hydrogens (tertiary/aromatic N) is 2. The Hall–Kier alpha value is -4.09. The zero-order valence-corrected chi connectivity index (χ0v) is 19.0. The molecular formula is C29H20N2O2S. The van der Waals surface area contributed by atoms with Crippen molar-refractivity contribution in [1.29, 1.82) is 0 Å². The lowest BCUT2D eigenvalue weighted by Crippen LogP contribution is -2.17. The van der Waals surface area contributed by atoms with Crippen LogP contribution in [-0.2, 0) is 6.42 Å². The van der Waals surface area contributed by atoms with Gasteiger partial charge in [-0.2, -0.15) is 0 Å². The van der Waals surface area contributed by atoms with Crippen LogP contribution in [0.2, 0.25) is 0 Å². The number of rotatable bonds is 5. The number of fused-ring (bicyclic) bond motifs is 2. The van der Waals surface area contributed by atoms with Gasteiger partial charge in [0, 0.05) is 27.9 Å². The van der Waals surface area contributed by atoms with Crippen molar-refractivity contribution in [1.82, 2.24) is 4.98 Å². The SMILES string of the molecule is O=C1c2ccccc2C(=O)C1Cc1ccc(N(c2ccc3ccccc3c2)c2ccccn2)s1. The molecular weight excluding hydrogens is 440 g/mol. The van der Waals surface area contributed by atoms with Gasteiger partial charge in [0.05, 0.1) is 5.92 Å². The smallest absolute Gasteiger partial charge is 0.174 e. The Labute approximate surface area is 201 Å². The van der Waals surface area contributed by atoms with Crippen molar-refractivity contribution in [2.24, 2.45) is 5.92 Å². The molecule has 4 nitrogen and oxygen atoms in total. The van der Waals surface area contributed by atoms with Gasteiger partial charge in [-0.3, -0.25) is 14.5 Å². The summed E-state index contributed by atoms with van der Waals surface area (Å²) in [4.78, 5) is 33.5. The molecule has 5 aromatic rings. The molecule has 1 aliphatic carbocycles. The summed E-state index contributed by atoms with van der Waals surface area (Å²) >= 11 is 1.59. The van der Waals surface area contributed by atoms with Gasteiger partial charge < -0.3 is 0 Å². The van der Waals surface area contributed by atoms with E-state index < -0.39 is 5.92 Å². The lowest BCUT2D eigenvalue weighted by Gasteiger charge is -2.22. The van der Waals surface area contributed by atoms with Crippen LogP contribution < -0.4 is 4.90 Å². The average Bonchev–Trinajstić information content (AvgIpc) is 3.44. The molecule has 2 aromatic heterocycles. The number of aromatic nitrogens is 1. The third-order valence-electron chi connectivity index (χ3n) is 6.23. The number of ketones is 2. The maximum atomic E-state index is 12.9. The molecule has 0 aliphatic heterocycles. The number of anilines is 3. The van der Waals surface area contributed by atoms with Gasteiger partial charge in [0.15, 0.2) is 11.6 Å². The predicted octanol–water partition coefficient (Wildman–Crippen LogP) is 7.00. The first-order valence-electron chi connectivity index (χ1n) is 11.2. The predicted molar refractivity (Wildman–Crippen MR) is 137 cm³/mol. The molecule has 3 aromatic carbocycles. The summed E-state index contributed by atoms with van der Waals surface area (Å²) in [5.74, 6) is 0.0118. The molecule has 0 spiro atoms. The second kappa shape index (κ2) is 8.36. The largest absolute Gasteiger partial charge is 0.293 e. The molecule has 0 radical (unpaired) electrons. The average molecular weight is 461 g/mol. The van der Waals surface area contributed by atoms with Gasteiger partial charge in [-0.25, -0.2) is 4.98 Å². The summed E-state index contributed by atoms with van der Waals surface area (Å²) < 4.78 is 0. The Morgan fingerprint density at radius 2 is 1.44 bits per heavy atom. The van der Waals surface area contributed by atoms with E-state index in [0.29, 0.717) is 17.5 Å². The Balaban J connectivity index is 1.36. The fraction of sp³-hybridized carbons (Fsp3) is 0.0690. The van der Waals surface area contributed by atoms with Crippen molar-refractivity contribution in [2.45, 2.75) is 6.42 Å². The molecule has 34 heavy (non-hydrogen) atoms. The number of hydrogen-bond acceptors (Lipinski definition) is 5. The van der Waals surface area contributed by atoms with Gasteiger partial charge >= 0.3 is 0 Å². The topological polar surface area (TPSA) is 50.3 Å². The van der Waals surface area contributed by atoms with Crippen molar-refractivity contribution in [3.63, 3.8) is 0 Å². The van der Waals surface area contributed by atoms with E-state index in [1.54, 1.807) is 29.7 Å². The van der Waals surface area contributed by atoms with Crippen LogP contribution in [-0.4, -0.2) is 16.6 Å². The standard InChI is InChI=1S/C29H20N2O2S/c32-28-23-9-3-4-10-24(23)29(33)25(28)18-22-14-15-27(34-22)31(26-11-5-6-16-30-26)21-13-12-19-7-1-2-8-20(19)17-21/h1-17,25H,18H2. The van der Waals surface area contributed by atoms with Crippen molar-refractivity contribution < 1.29 is 9.59 Å². The number of thiophene rings is 1. The van der Waals surface area contributed by atoms with Gasteiger partial charge in [-0.05, 0) is 53.6 Å². The van der Waals surface area contributed by atoms with Crippen LogP contribution >= 0.6 is 11.3 Å². The fourth-order valence-corrected chi connectivity index (χ4v) is 5.65. The van der Waals surface area contributed by atoms with Crippen LogP contribution in [0.5, 0.6) is 0 Å². The molecule has 5 heteroatoms. The summed E-state index contributed by atoms with van der Waals surface area (Å²) in [6, 6.07) is 31.7. The highest BCUT2D eigenvalue weighted by atomic mass is 32.1. The van der Waals surface area contributed by atoms with Crippen molar-refractivity contribution in [3.8, 4) is 0 Å². The molecule has 0 atom stereocenters. The van der Waals surface area contributed by atoms with Gasteiger partial charge in [-0.15, -0.1) is 11.3 Å². The first-order valence-corrected chi connectivity index (χ1v) is 12.0. The molecule has 0 fully saturated rings. The zero-order valence-electron chi connectivity index (χ0n) is 18.2. The third-order valence-corrected chi connectivity index (χ3v) is 7.33. The molecule has 0 unspecified atom stereocenters. The summed E-state index contributed by atoms with van der Waals surface area (Å²) in [7, 11) is 0. The quantitative estimate of drug-likeness (QED) is 0.265. The Morgan fingerprint density at radius 3 is 2.18 bits per heavy atom. The van der Waals surface area contributed by atoms with Crippen LogP contribution in [0.3, 0.4) is 0 Å². The normalized spacial score (nSPS) is 13.4. The third kappa shape index (κ3) is 3.51. The molecule has 0 saturated carbocycles. The van der Waals surface area contributed by atoms with Crippen LogP contribution in [0.15, 0.2) is 103 Å². The van der Waals surface area contributed by atoms with Crippen molar-refractivity contribution in [3.05, 3.63) is 119 Å². The fourth-order valence-electron chi connectivity index (χ4n) is 4.56. The molecule has 0 N–H and O–H groups in total. The van der Waals surface area contributed by atoms with Crippen LogP contribution in [0, 0.1) is 5.92 Å². The highest BCUT2D eigenvalue weighted by molar-refractivity contribution is 7.16. The van der Waals surface area contributed by atoms with Gasteiger partial charge in [-0.1, -0.05) is 60.7 Å². The summed E-state index contributed by atoms with van der Waals surface area (Å²) in [6.07, 6.45) is 2.19. The van der Waals surface area contributed by atoms with E-state index in [2.05, 4.69) is 40.2 Å². The number of carbonyl (C=O) groups is 2. The van der Waals surface area contributed by atoms with E-state index in [0.717, 1.165) is 26.8 Å². The maximum absolute atomic E-state index is 12.9. The molecule has 0 saturated heterocycles. The van der Waals surface area contributed by atoms with E-state index in [1.165, 1.54) is 5.39 Å². The van der Waals surface area contributed by atoms with Crippen molar-refractivity contribution in [2.75, 3.05) is 4.90 Å². The van der Waals surface area contributed by atoms with Gasteiger partial charge in [0.25, 0.3) is 0 Å². The Bertz CT molecular complexity index is 1510. The first-order chi connectivity index (χ1) is 16.7. The highest BCUT2D eigenvalue weighted by Gasteiger charge is 2.38. The second-order valence-electron chi connectivity index (χ2n) is 8.33.